The lowest BCUT2D eigenvalue weighted by atomic mass is 10.2. The summed E-state index contributed by atoms with van der Waals surface area (Å²) in [6, 6.07) is 1.26. The van der Waals surface area contributed by atoms with Crippen LogP contribution in [0, 0.1) is 6.92 Å². The molecule has 6 nitrogen and oxygen atoms in total. The summed E-state index contributed by atoms with van der Waals surface area (Å²) in [5, 5.41) is 12.6. The zero-order valence-corrected chi connectivity index (χ0v) is 11.9. The maximum Gasteiger partial charge on any atom is 0.339 e. The summed E-state index contributed by atoms with van der Waals surface area (Å²) in [5.74, 6) is -1.21. The van der Waals surface area contributed by atoms with Gasteiger partial charge >= 0.3 is 5.97 Å². The van der Waals surface area contributed by atoms with Crippen LogP contribution in [0.3, 0.4) is 0 Å². The molecule has 0 saturated carbocycles. The third kappa shape index (κ3) is 3.05. The molecular formula is C13H14N2O4S. The fraction of sp³-hybridized carbons (Fsp3) is 0.308. The van der Waals surface area contributed by atoms with Crippen molar-refractivity contribution in [2.45, 2.75) is 26.8 Å². The zero-order chi connectivity index (χ0) is 14.7. The van der Waals surface area contributed by atoms with E-state index in [0.717, 1.165) is 9.88 Å². The molecular weight excluding hydrogens is 280 g/mol. The lowest BCUT2D eigenvalue weighted by Crippen LogP contribution is -2.21. The van der Waals surface area contributed by atoms with E-state index in [0.29, 0.717) is 18.7 Å². The molecule has 2 aromatic heterocycles. The highest BCUT2D eigenvalue weighted by Gasteiger charge is 2.19. The van der Waals surface area contributed by atoms with Gasteiger partial charge in [-0.2, -0.15) is 0 Å². The average molecular weight is 294 g/mol. The topological polar surface area (TPSA) is 92.4 Å². The van der Waals surface area contributed by atoms with Crippen molar-refractivity contribution < 1.29 is 19.1 Å². The van der Waals surface area contributed by atoms with E-state index in [1.54, 1.807) is 13.1 Å². The molecule has 0 aromatic carbocycles. The van der Waals surface area contributed by atoms with Crippen molar-refractivity contribution in [1.82, 2.24) is 10.3 Å². The quantitative estimate of drug-likeness (QED) is 0.882. The third-order valence-corrected chi connectivity index (χ3v) is 3.59. The number of carboxylic acids is 1. The van der Waals surface area contributed by atoms with Crippen molar-refractivity contribution in [3.05, 3.63) is 39.2 Å². The summed E-state index contributed by atoms with van der Waals surface area (Å²) >= 11 is 1.49. The van der Waals surface area contributed by atoms with Gasteiger partial charge in [-0.25, -0.2) is 9.78 Å². The summed E-state index contributed by atoms with van der Waals surface area (Å²) in [7, 11) is 0. The summed E-state index contributed by atoms with van der Waals surface area (Å²) in [6.45, 7) is 4.00. The van der Waals surface area contributed by atoms with Crippen LogP contribution in [-0.2, 0) is 13.0 Å². The van der Waals surface area contributed by atoms with Gasteiger partial charge in [-0.15, -0.1) is 11.3 Å². The molecule has 2 N–H and O–H groups in total. The SMILES string of the molecule is CCc1oc(C(=O)NCc2cnc(C)s2)cc1C(=O)O. The van der Waals surface area contributed by atoms with Gasteiger partial charge in [0.1, 0.15) is 11.3 Å². The Bertz CT molecular complexity index is 645. The standard InChI is InChI=1S/C13H14N2O4S/c1-3-10-9(13(17)18)4-11(19-10)12(16)15-6-8-5-14-7(2)20-8/h4-5H,3,6H2,1-2H3,(H,15,16)(H,17,18). The molecule has 106 valence electrons. The molecule has 2 aromatic rings. The fourth-order valence-corrected chi connectivity index (χ4v) is 2.46. The smallest absolute Gasteiger partial charge is 0.339 e. The second kappa shape index (κ2) is 5.87. The van der Waals surface area contributed by atoms with E-state index in [9.17, 15) is 9.59 Å². The van der Waals surface area contributed by atoms with Crippen molar-refractivity contribution in [2.24, 2.45) is 0 Å². The van der Waals surface area contributed by atoms with Crippen LogP contribution in [0.15, 0.2) is 16.7 Å². The van der Waals surface area contributed by atoms with Crippen LogP contribution in [0.2, 0.25) is 0 Å². The monoisotopic (exact) mass is 294 g/mol. The highest BCUT2D eigenvalue weighted by molar-refractivity contribution is 7.11. The van der Waals surface area contributed by atoms with Crippen molar-refractivity contribution in [3.8, 4) is 0 Å². The maximum atomic E-state index is 11.9. The lowest BCUT2D eigenvalue weighted by Gasteiger charge is -1.99. The van der Waals surface area contributed by atoms with E-state index in [4.69, 9.17) is 9.52 Å². The highest BCUT2D eigenvalue weighted by Crippen LogP contribution is 2.17. The first-order valence-corrected chi connectivity index (χ1v) is 6.88. The first-order chi connectivity index (χ1) is 9.51. The molecule has 0 saturated heterocycles. The molecule has 1 amide bonds. The molecule has 2 heterocycles. The molecule has 0 aliphatic carbocycles. The van der Waals surface area contributed by atoms with E-state index < -0.39 is 11.9 Å². The van der Waals surface area contributed by atoms with Crippen molar-refractivity contribution in [2.75, 3.05) is 0 Å². The van der Waals surface area contributed by atoms with E-state index >= 15 is 0 Å². The Labute approximate surface area is 119 Å². The number of carbonyl (C=O) groups is 2. The number of hydrogen-bond acceptors (Lipinski definition) is 5. The molecule has 2 rings (SSSR count). The van der Waals surface area contributed by atoms with Crippen LogP contribution in [-0.4, -0.2) is 22.0 Å². The number of thiazole rings is 1. The molecule has 20 heavy (non-hydrogen) atoms. The molecule has 0 spiro atoms. The second-order valence-corrected chi connectivity index (χ2v) is 5.45. The number of aromatic nitrogens is 1. The molecule has 7 heteroatoms. The van der Waals surface area contributed by atoms with Crippen molar-refractivity contribution in [1.29, 1.82) is 0 Å². The number of rotatable bonds is 5. The van der Waals surface area contributed by atoms with Crippen LogP contribution >= 0.6 is 11.3 Å². The van der Waals surface area contributed by atoms with Gasteiger partial charge in [-0.05, 0) is 6.92 Å². The Kier molecular flexibility index (Phi) is 4.19. The fourth-order valence-electron chi connectivity index (χ4n) is 1.73. The van der Waals surface area contributed by atoms with Gasteiger partial charge in [0.15, 0.2) is 5.76 Å². The van der Waals surface area contributed by atoms with Gasteiger partial charge in [0.2, 0.25) is 0 Å². The first kappa shape index (κ1) is 14.3. The number of aromatic carboxylic acids is 1. The first-order valence-electron chi connectivity index (χ1n) is 6.06. The Balaban J connectivity index is 2.07. The third-order valence-electron chi connectivity index (χ3n) is 2.68. The Hall–Kier alpha value is -2.15. The highest BCUT2D eigenvalue weighted by atomic mass is 32.1. The minimum Gasteiger partial charge on any atom is -0.478 e. The predicted octanol–water partition coefficient (Wildman–Crippen LogP) is 2.24. The molecule has 0 aliphatic heterocycles. The van der Waals surface area contributed by atoms with E-state index in [1.165, 1.54) is 17.4 Å². The van der Waals surface area contributed by atoms with Crippen LogP contribution in [0.4, 0.5) is 0 Å². The normalized spacial score (nSPS) is 10.5. The summed E-state index contributed by atoms with van der Waals surface area (Å²) < 4.78 is 5.28. The van der Waals surface area contributed by atoms with E-state index in [-0.39, 0.29) is 11.3 Å². The number of amides is 1. The molecule has 0 fully saturated rings. The number of nitrogens with one attached hydrogen (secondary N) is 1. The van der Waals surface area contributed by atoms with E-state index in [1.807, 2.05) is 6.92 Å². The van der Waals surface area contributed by atoms with Gasteiger partial charge in [0.05, 0.1) is 11.6 Å². The molecule has 0 radical (unpaired) electrons. The summed E-state index contributed by atoms with van der Waals surface area (Å²) in [5.41, 5.74) is 0.0336. The van der Waals surface area contributed by atoms with Crippen LogP contribution in [0.25, 0.3) is 0 Å². The average Bonchev–Trinajstić information content (AvgIpc) is 3.01. The minimum atomic E-state index is -1.09. The summed E-state index contributed by atoms with van der Waals surface area (Å²) in [4.78, 5) is 27.9. The van der Waals surface area contributed by atoms with Gasteiger partial charge in [0.25, 0.3) is 5.91 Å². The van der Waals surface area contributed by atoms with E-state index in [2.05, 4.69) is 10.3 Å². The van der Waals surface area contributed by atoms with Gasteiger partial charge in [-0.1, -0.05) is 6.92 Å². The Morgan fingerprint density at radius 2 is 2.25 bits per heavy atom. The number of nitrogens with zero attached hydrogens (tertiary/aromatic N) is 1. The Morgan fingerprint density at radius 3 is 2.75 bits per heavy atom. The molecule has 0 atom stereocenters. The zero-order valence-electron chi connectivity index (χ0n) is 11.1. The predicted molar refractivity (Wildman–Crippen MR) is 73.1 cm³/mol. The molecule has 0 unspecified atom stereocenters. The second-order valence-electron chi connectivity index (χ2n) is 4.13. The maximum absolute atomic E-state index is 11.9. The number of furan rings is 1. The Morgan fingerprint density at radius 1 is 1.50 bits per heavy atom. The number of carboxylic acid groups (broad SMARTS) is 1. The largest absolute Gasteiger partial charge is 0.478 e. The lowest BCUT2D eigenvalue weighted by molar-refractivity contribution is 0.0694. The van der Waals surface area contributed by atoms with Crippen LogP contribution in [0.5, 0.6) is 0 Å². The van der Waals surface area contributed by atoms with Crippen LogP contribution in [0.1, 0.15) is 43.5 Å². The molecule has 0 bridgehead atoms. The van der Waals surface area contributed by atoms with Crippen molar-refractivity contribution in [3.63, 3.8) is 0 Å². The van der Waals surface area contributed by atoms with Crippen molar-refractivity contribution >= 4 is 23.2 Å². The van der Waals surface area contributed by atoms with Gasteiger partial charge in [0, 0.05) is 23.6 Å². The number of aryl methyl sites for hydroxylation is 2. The van der Waals surface area contributed by atoms with Gasteiger partial charge < -0.3 is 14.8 Å². The minimum absolute atomic E-state index is 0.0143. The number of hydrogen-bond donors (Lipinski definition) is 2. The van der Waals surface area contributed by atoms with Crippen LogP contribution < -0.4 is 5.32 Å². The number of carbonyl (C=O) groups excluding carboxylic acids is 1. The summed E-state index contributed by atoms with van der Waals surface area (Å²) in [6.07, 6.45) is 2.12. The molecule has 0 aliphatic rings. The van der Waals surface area contributed by atoms with Gasteiger partial charge in [-0.3, -0.25) is 4.79 Å².